The third kappa shape index (κ3) is 4.04. The van der Waals surface area contributed by atoms with Crippen molar-refractivity contribution in [1.29, 1.82) is 0 Å². The van der Waals surface area contributed by atoms with Crippen molar-refractivity contribution >= 4 is 29.1 Å². The number of halogens is 1. The van der Waals surface area contributed by atoms with Crippen LogP contribution in [0.5, 0.6) is 0 Å². The number of methoxy groups -OCH3 is 2. The molecule has 1 saturated carbocycles. The van der Waals surface area contributed by atoms with E-state index in [4.69, 9.17) is 14.5 Å². The summed E-state index contributed by atoms with van der Waals surface area (Å²) in [6.07, 6.45) is 3.00. The van der Waals surface area contributed by atoms with Crippen LogP contribution in [-0.4, -0.2) is 61.0 Å². The lowest BCUT2D eigenvalue weighted by Gasteiger charge is -2.36. The van der Waals surface area contributed by atoms with Gasteiger partial charge in [0, 0.05) is 23.8 Å². The zero-order chi connectivity index (χ0) is 23.8. The van der Waals surface area contributed by atoms with E-state index in [0.29, 0.717) is 34.9 Å². The van der Waals surface area contributed by atoms with Gasteiger partial charge in [-0.2, -0.15) is 0 Å². The number of likely N-dealkylation sites (N-methyl/N-ethyl adjacent to an activating group) is 1. The molecule has 1 N–H and O–H groups in total. The van der Waals surface area contributed by atoms with Gasteiger partial charge < -0.3 is 14.8 Å². The molecule has 1 atom stereocenters. The molecule has 33 heavy (non-hydrogen) atoms. The summed E-state index contributed by atoms with van der Waals surface area (Å²) in [6, 6.07) is 5.87. The second-order valence-electron chi connectivity index (χ2n) is 8.23. The molecule has 0 spiro atoms. The first-order chi connectivity index (χ1) is 15.7. The fraction of sp³-hybridized carbons (Fsp3) is 0.391. The number of nitrogens with one attached hydrogen (secondary N) is 1. The van der Waals surface area contributed by atoms with Gasteiger partial charge in [0.1, 0.15) is 16.9 Å². The van der Waals surface area contributed by atoms with Crippen molar-refractivity contribution in [2.75, 3.05) is 27.8 Å². The molecule has 0 bridgehead atoms. The zero-order valence-electron chi connectivity index (χ0n) is 18.8. The van der Waals surface area contributed by atoms with E-state index < -0.39 is 22.9 Å². The van der Waals surface area contributed by atoms with E-state index in [-0.39, 0.29) is 18.1 Å². The lowest BCUT2D eigenvalue weighted by atomic mass is 9.82. The third-order valence-corrected chi connectivity index (χ3v) is 7.02. The Hall–Kier alpha value is -3.11. The molecular weight excluding hydrogens is 447 g/mol. The summed E-state index contributed by atoms with van der Waals surface area (Å²) in [5, 5.41) is 5.72. The Balaban J connectivity index is 1.84. The van der Waals surface area contributed by atoms with E-state index in [0.717, 1.165) is 0 Å². The molecule has 2 aliphatic rings. The molecule has 8 nitrogen and oxygen atoms in total. The minimum atomic E-state index is -1.18. The van der Waals surface area contributed by atoms with E-state index >= 15 is 0 Å². The Labute approximate surface area is 195 Å². The van der Waals surface area contributed by atoms with Crippen molar-refractivity contribution in [3.63, 3.8) is 0 Å². The molecule has 1 aromatic heterocycles. The van der Waals surface area contributed by atoms with Crippen LogP contribution in [0.25, 0.3) is 0 Å². The van der Waals surface area contributed by atoms with Gasteiger partial charge in [0.25, 0.3) is 0 Å². The second-order valence-corrected chi connectivity index (χ2v) is 9.12. The smallest absolute Gasteiger partial charge is 0.338 e. The molecule has 0 radical (unpaired) electrons. The van der Waals surface area contributed by atoms with Crippen LogP contribution in [0.2, 0.25) is 0 Å². The number of benzene rings is 1. The van der Waals surface area contributed by atoms with Gasteiger partial charge in [-0.1, -0.05) is 12.1 Å². The fourth-order valence-electron chi connectivity index (χ4n) is 4.21. The standard InChI is InChI=1S/C23H25FN4O4S/c1-22(14-5-7-15(24)8-6-14)17(20(29)31-3)16(26-18(27-22)19-25-11-12-33-19)13-28(2)23(9-10-23)21(30)32-4/h5-8,11-12H,9-10,13H2,1-4H3,(H,26,27). The lowest BCUT2D eigenvalue weighted by molar-refractivity contribution is -0.148. The maximum Gasteiger partial charge on any atom is 0.338 e. The van der Waals surface area contributed by atoms with Crippen LogP contribution in [0.3, 0.4) is 0 Å². The Morgan fingerprint density at radius 3 is 2.45 bits per heavy atom. The normalized spacial score (nSPS) is 21.3. The Kier molecular flexibility index (Phi) is 6.06. The molecule has 2 aromatic rings. The van der Waals surface area contributed by atoms with Crippen molar-refractivity contribution in [3.8, 4) is 0 Å². The SMILES string of the molecule is COC(=O)C1=C(CN(C)C2(C(=O)OC)CC2)NC(c2nccs2)=NC1(C)c1ccc(F)cc1. The number of carbonyl (C=O) groups excluding carboxylic acids is 2. The van der Waals surface area contributed by atoms with Crippen LogP contribution in [-0.2, 0) is 24.6 Å². The molecule has 0 saturated heterocycles. The van der Waals surface area contributed by atoms with Crippen LogP contribution in [0, 0.1) is 5.82 Å². The van der Waals surface area contributed by atoms with Crippen LogP contribution in [0.4, 0.5) is 4.39 Å². The van der Waals surface area contributed by atoms with Gasteiger partial charge in [-0.15, -0.1) is 11.3 Å². The average molecular weight is 473 g/mol. The number of aliphatic imine (C=N–C) groups is 1. The Morgan fingerprint density at radius 1 is 1.21 bits per heavy atom. The Bertz CT molecular complexity index is 1130. The predicted octanol–water partition coefficient (Wildman–Crippen LogP) is 2.61. The number of hydrogen-bond donors (Lipinski definition) is 1. The first-order valence-corrected chi connectivity index (χ1v) is 11.3. The number of carbonyl (C=O) groups is 2. The second kappa shape index (κ2) is 8.68. The van der Waals surface area contributed by atoms with Crippen LogP contribution >= 0.6 is 11.3 Å². The molecule has 1 aliphatic heterocycles. The molecule has 1 aromatic carbocycles. The molecule has 1 fully saturated rings. The van der Waals surface area contributed by atoms with Crippen molar-refractivity contribution in [3.05, 3.63) is 63.5 Å². The highest BCUT2D eigenvalue weighted by Crippen LogP contribution is 2.44. The summed E-state index contributed by atoms with van der Waals surface area (Å²) in [6.45, 7) is 2.02. The van der Waals surface area contributed by atoms with E-state index in [1.807, 2.05) is 17.3 Å². The number of thiazole rings is 1. The molecule has 0 amide bonds. The highest BCUT2D eigenvalue weighted by atomic mass is 32.1. The number of amidine groups is 1. The quantitative estimate of drug-likeness (QED) is 0.619. The number of nitrogens with zero attached hydrogens (tertiary/aromatic N) is 3. The van der Waals surface area contributed by atoms with Gasteiger partial charge in [0.05, 0.1) is 19.8 Å². The number of ether oxygens (including phenoxy) is 2. The van der Waals surface area contributed by atoms with E-state index in [1.54, 1.807) is 25.3 Å². The first-order valence-electron chi connectivity index (χ1n) is 10.4. The number of hydrogen-bond acceptors (Lipinski definition) is 9. The lowest BCUT2D eigenvalue weighted by Crippen LogP contribution is -2.48. The molecule has 4 rings (SSSR count). The topological polar surface area (TPSA) is 93.1 Å². The maximum absolute atomic E-state index is 13.7. The molecule has 10 heteroatoms. The number of aromatic nitrogens is 1. The Morgan fingerprint density at radius 2 is 1.91 bits per heavy atom. The maximum atomic E-state index is 13.7. The van der Waals surface area contributed by atoms with E-state index in [2.05, 4.69) is 10.3 Å². The van der Waals surface area contributed by atoms with Crippen LogP contribution in [0.1, 0.15) is 30.3 Å². The third-order valence-electron chi connectivity index (χ3n) is 6.24. The molecule has 2 heterocycles. The zero-order valence-corrected chi connectivity index (χ0v) is 19.7. The molecular formula is C23H25FN4O4S. The van der Waals surface area contributed by atoms with Crippen molar-refractivity contribution in [1.82, 2.24) is 15.2 Å². The van der Waals surface area contributed by atoms with Crippen molar-refractivity contribution in [2.45, 2.75) is 30.8 Å². The van der Waals surface area contributed by atoms with Crippen LogP contribution < -0.4 is 5.32 Å². The summed E-state index contributed by atoms with van der Waals surface area (Å²) in [5.74, 6) is -0.785. The van der Waals surface area contributed by atoms with Gasteiger partial charge in [-0.05, 0) is 44.5 Å². The molecule has 174 valence electrons. The van der Waals surface area contributed by atoms with Crippen LogP contribution in [0.15, 0.2) is 52.1 Å². The summed E-state index contributed by atoms with van der Waals surface area (Å²) in [7, 11) is 4.49. The highest BCUT2D eigenvalue weighted by molar-refractivity contribution is 7.11. The number of rotatable bonds is 7. The van der Waals surface area contributed by atoms with Gasteiger partial charge in [0.2, 0.25) is 0 Å². The number of esters is 2. The van der Waals surface area contributed by atoms with Gasteiger partial charge in [-0.25, -0.2) is 19.2 Å². The minimum absolute atomic E-state index is 0.237. The fourth-order valence-corrected chi connectivity index (χ4v) is 4.79. The van der Waals surface area contributed by atoms with Gasteiger partial charge >= 0.3 is 11.9 Å². The minimum Gasteiger partial charge on any atom is -0.468 e. The summed E-state index contributed by atoms with van der Waals surface area (Å²) < 4.78 is 23.8. The van der Waals surface area contributed by atoms with Gasteiger partial charge in [0.15, 0.2) is 10.8 Å². The molecule has 1 aliphatic carbocycles. The summed E-state index contributed by atoms with van der Waals surface area (Å²) >= 11 is 1.40. The van der Waals surface area contributed by atoms with Crippen molar-refractivity contribution < 1.29 is 23.5 Å². The highest BCUT2D eigenvalue weighted by Gasteiger charge is 2.55. The average Bonchev–Trinajstić information content (AvgIpc) is 3.44. The van der Waals surface area contributed by atoms with E-state index in [1.165, 1.54) is 37.7 Å². The van der Waals surface area contributed by atoms with E-state index in [9.17, 15) is 14.0 Å². The first kappa shape index (κ1) is 23.1. The molecule has 1 unspecified atom stereocenters. The predicted molar refractivity (Wildman–Crippen MR) is 121 cm³/mol. The van der Waals surface area contributed by atoms with Crippen molar-refractivity contribution in [2.24, 2.45) is 4.99 Å². The summed E-state index contributed by atoms with van der Waals surface area (Å²) in [5.41, 5.74) is -0.469. The monoisotopic (exact) mass is 472 g/mol. The van der Waals surface area contributed by atoms with Gasteiger partial charge in [-0.3, -0.25) is 9.69 Å². The summed E-state index contributed by atoms with van der Waals surface area (Å²) in [4.78, 5) is 36.6. The largest absolute Gasteiger partial charge is 0.468 e.